The molecule has 0 atom stereocenters. The Morgan fingerprint density at radius 1 is 0.375 bits per heavy atom. The molecule has 0 aromatic rings. The van der Waals surface area contributed by atoms with E-state index in [9.17, 15) is 0 Å². The summed E-state index contributed by atoms with van der Waals surface area (Å²) in [4.78, 5) is 45.3. The molecule has 0 unspecified atom stereocenters. The molecule has 0 aromatic heterocycles. The second-order valence-corrected chi connectivity index (χ2v) is 17.6. The van der Waals surface area contributed by atoms with E-state index in [1.54, 1.807) is 0 Å². The van der Waals surface area contributed by atoms with Crippen molar-refractivity contribution >= 4 is 60.6 Å². The number of unbranched alkanes of at least 4 members (excludes halogenated alkanes) is 18. The quantitative estimate of drug-likeness (QED) is 0.0432. The van der Waals surface area contributed by atoms with Gasteiger partial charge in [0.15, 0.2) is 0 Å². The number of hydrogen-bond acceptors (Lipinski definition) is 4. The Kier molecular flexibility index (Phi) is 49.6. The summed E-state index contributed by atoms with van der Waals surface area (Å²) >= 11 is 11.4. The number of hydrogen-bond donors (Lipinski definition) is 6. The molecule has 40 heavy (non-hydrogen) atoms. The maximum Gasteiger partial charge on any atom is 0.319 e. The molecule has 0 aliphatic rings. The van der Waals surface area contributed by atoms with Crippen LogP contribution in [0.1, 0.15) is 156 Å². The first-order valence-corrected chi connectivity index (χ1v) is 23.2. The molecular formula is C28H66O6P2S4. The Hall–Kier alpha value is 1.76. The summed E-state index contributed by atoms with van der Waals surface area (Å²) in [6.45, 7) is 1.46. The molecule has 6 N–H and O–H groups in total. The van der Waals surface area contributed by atoms with Crippen LogP contribution in [0.3, 0.4) is 0 Å². The Balaban J connectivity index is -0.000000243. The second-order valence-electron chi connectivity index (χ2n) is 9.78. The Bertz CT molecular complexity index is 450. The van der Waals surface area contributed by atoms with E-state index in [1.807, 2.05) is 0 Å². The van der Waals surface area contributed by atoms with E-state index >= 15 is 0 Å². The van der Waals surface area contributed by atoms with Gasteiger partial charge in [0.2, 0.25) is 0 Å². The maximum absolute atomic E-state index is 7.56. The van der Waals surface area contributed by atoms with Crippen LogP contribution in [0.4, 0.5) is 0 Å². The fraction of sp³-hybridized carbons (Fsp3) is 1.00. The third kappa shape index (κ3) is 90.0. The predicted octanol–water partition coefficient (Wildman–Crippen LogP) is 9.70. The van der Waals surface area contributed by atoms with Gasteiger partial charge < -0.3 is 29.4 Å². The highest BCUT2D eigenvalue weighted by atomic mass is 32.5. The minimum absolute atomic E-state index is 1.29. The lowest BCUT2D eigenvalue weighted by atomic mass is 10.1. The fourth-order valence-electron chi connectivity index (χ4n) is 3.67. The van der Waals surface area contributed by atoms with Crippen LogP contribution in [-0.2, 0) is 23.6 Å². The van der Waals surface area contributed by atoms with Crippen molar-refractivity contribution in [1.82, 2.24) is 0 Å². The van der Waals surface area contributed by atoms with Gasteiger partial charge in [0.25, 0.3) is 0 Å². The molecule has 0 radical (unpaired) electrons. The van der Waals surface area contributed by atoms with E-state index in [-0.39, 0.29) is 0 Å². The molecule has 0 spiro atoms. The lowest BCUT2D eigenvalue weighted by Crippen LogP contribution is -1.84. The third-order valence-electron chi connectivity index (χ3n) is 5.69. The summed E-state index contributed by atoms with van der Waals surface area (Å²) < 4.78 is 0. The lowest BCUT2D eigenvalue weighted by Gasteiger charge is -2.01. The SMILES string of the molecule is CCCCCCCCCCCCSCC.CCCCCCCCCCCCSCC.OP(O)(O)=S.OP(O)(O)=S. The van der Waals surface area contributed by atoms with Crippen LogP contribution in [0.5, 0.6) is 0 Å². The van der Waals surface area contributed by atoms with Gasteiger partial charge in [0.1, 0.15) is 0 Å². The molecule has 0 bridgehead atoms. The third-order valence-corrected chi connectivity index (χ3v) is 7.66. The Morgan fingerprint density at radius 3 is 0.725 bits per heavy atom. The highest BCUT2D eigenvalue weighted by molar-refractivity contribution is 8.06. The van der Waals surface area contributed by atoms with Crippen molar-refractivity contribution in [3.8, 4) is 0 Å². The van der Waals surface area contributed by atoms with E-state index < -0.39 is 13.4 Å². The molecule has 0 aliphatic carbocycles. The fourth-order valence-corrected chi connectivity index (χ4v) is 5.07. The molecule has 12 heteroatoms. The van der Waals surface area contributed by atoms with Gasteiger partial charge in [-0.2, -0.15) is 23.5 Å². The van der Waals surface area contributed by atoms with Crippen LogP contribution in [-0.4, -0.2) is 52.4 Å². The van der Waals surface area contributed by atoms with Crippen molar-refractivity contribution in [3.63, 3.8) is 0 Å². The standard InChI is InChI=1S/2C14H30S.2H3O3PS/c2*1-3-5-6-7-8-9-10-11-12-13-14-15-4-2;2*1-4(2,3)5/h2*3-14H2,1-2H3;2*(H3,1,2,3,5). The van der Waals surface area contributed by atoms with Crippen molar-refractivity contribution in [3.05, 3.63) is 0 Å². The Morgan fingerprint density at radius 2 is 0.550 bits per heavy atom. The number of thioether (sulfide) groups is 2. The van der Waals surface area contributed by atoms with Crippen molar-refractivity contribution < 1.29 is 29.4 Å². The molecular weight excluding hydrogens is 623 g/mol. The monoisotopic (exact) mass is 688 g/mol. The van der Waals surface area contributed by atoms with Gasteiger partial charge in [-0.3, -0.25) is 0 Å². The maximum atomic E-state index is 7.56. The minimum Gasteiger partial charge on any atom is -0.325 e. The topological polar surface area (TPSA) is 121 Å². The van der Waals surface area contributed by atoms with Crippen LogP contribution in [0, 0.1) is 0 Å². The molecule has 0 aliphatic heterocycles. The van der Waals surface area contributed by atoms with Gasteiger partial charge in [-0.25, -0.2) is 0 Å². The first-order chi connectivity index (χ1) is 18.8. The van der Waals surface area contributed by atoms with Crippen molar-refractivity contribution in [2.75, 3.05) is 23.0 Å². The highest BCUT2D eigenvalue weighted by Gasteiger charge is 1.94. The van der Waals surface area contributed by atoms with Crippen LogP contribution < -0.4 is 0 Å². The van der Waals surface area contributed by atoms with E-state index in [4.69, 9.17) is 29.4 Å². The van der Waals surface area contributed by atoms with Crippen LogP contribution in [0.25, 0.3) is 0 Å². The van der Waals surface area contributed by atoms with Crippen molar-refractivity contribution in [1.29, 1.82) is 0 Å². The summed E-state index contributed by atoms with van der Waals surface area (Å²) in [6, 6.07) is 0. The molecule has 248 valence electrons. The van der Waals surface area contributed by atoms with E-state index in [0.29, 0.717) is 0 Å². The normalized spacial score (nSPS) is 11.1. The van der Waals surface area contributed by atoms with Gasteiger partial charge in [0.05, 0.1) is 0 Å². The zero-order valence-electron chi connectivity index (χ0n) is 26.2. The molecule has 0 heterocycles. The van der Waals surface area contributed by atoms with E-state index in [0.717, 1.165) is 0 Å². The second kappa shape index (κ2) is 40.8. The van der Waals surface area contributed by atoms with Gasteiger partial charge >= 0.3 is 13.4 Å². The smallest absolute Gasteiger partial charge is 0.319 e. The van der Waals surface area contributed by atoms with Crippen LogP contribution in [0.15, 0.2) is 0 Å². The summed E-state index contributed by atoms with van der Waals surface area (Å²) in [5.41, 5.74) is 0. The molecule has 0 amide bonds. The summed E-state index contributed by atoms with van der Waals surface area (Å²) in [5, 5.41) is 0. The molecule has 0 aromatic carbocycles. The van der Waals surface area contributed by atoms with Gasteiger partial charge in [-0.15, -0.1) is 0 Å². The van der Waals surface area contributed by atoms with Crippen LogP contribution >= 0.6 is 37.0 Å². The molecule has 0 fully saturated rings. The molecule has 6 nitrogen and oxygen atoms in total. The molecule has 0 rings (SSSR count). The van der Waals surface area contributed by atoms with Crippen LogP contribution in [0.2, 0.25) is 0 Å². The first kappa shape index (κ1) is 48.7. The highest BCUT2D eigenvalue weighted by Crippen LogP contribution is 2.27. The van der Waals surface area contributed by atoms with Gasteiger partial charge in [-0.05, 0) is 59.5 Å². The van der Waals surface area contributed by atoms with Gasteiger partial charge in [0, 0.05) is 0 Å². The summed E-state index contributed by atoms with van der Waals surface area (Å²) in [5.74, 6) is 5.34. The zero-order valence-corrected chi connectivity index (χ0v) is 31.2. The summed E-state index contributed by atoms with van der Waals surface area (Å²) in [7, 11) is 0. The van der Waals surface area contributed by atoms with E-state index in [1.165, 1.54) is 151 Å². The zero-order chi connectivity index (χ0) is 31.4. The number of rotatable bonds is 24. The van der Waals surface area contributed by atoms with Crippen molar-refractivity contribution in [2.24, 2.45) is 0 Å². The van der Waals surface area contributed by atoms with Gasteiger partial charge in [-0.1, -0.05) is 143 Å². The predicted molar refractivity (Wildman–Crippen MR) is 192 cm³/mol. The average Bonchev–Trinajstić information content (AvgIpc) is 2.84. The molecule has 0 saturated heterocycles. The minimum atomic E-state index is -3.81. The lowest BCUT2D eigenvalue weighted by molar-refractivity contribution is 0.361. The summed E-state index contributed by atoms with van der Waals surface area (Å²) in [6.07, 6.45) is 29.1. The largest absolute Gasteiger partial charge is 0.325 e. The molecule has 0 saturated carbocycles. The van der Waals surface area contributed by atoms with E-state index in [2.05, 4.69) is 74.8 Å². The van der Waals surface area contributed by atoms with Crippen molar-refractivity contribution in [2.45, 2.75) is 156 Å². The average molecular weight is 689 g/mol. The Labute approximate surface area is 267 Å². The first-order valence-electron chi connectivity index (χ1n) is 15.5.